The Morgan fingerprint density at radius 1 is 1.20 bits per heavy atom. The van der Waals surface area contributed by atoms with Gasteiger partial charge < -0.3 is 4.90 Å². The van der Waals surface area contributed by atoms with E-state index in [1.165, 1.54) is 0 Å². The van der Waals surface area contributed by atoms with Gasteiger partial charge in [0.2, 0.25) is 0 Å². The number of amides is 1. The second-order valence-corrected chi connectivity index (χ2v) is 5.71. The molecule has 104 valence electrons. The fourth-order valence-electron chi connectivity index (χ4n) is 1.99. The lowest BCUT2D eigenvalue weighted by Crippen LogP contribution is -2.31. The average Bonchev–Trinajstić information content (AvgIpc) is 2.47. The Hall–Kier alpha value is -1.32. The molecule has 0 spiro atoms. The van der Waals surface area contributed by atoms with Crippen LogP contribution in [-0.4, -0.2) is 12.5 Å². The van der Waals surface area contributed by atoms with Crippen LogP contribution in [0.3, 0.4) is 0 Å². The molecule has 1 amide bonds. The third-order valence-electron chi connectivity index (χ3n) is 2.92. The number of carbonyl (C=O) groups excluding carboxylic acids is 1. The van der Waals surface area contributed by atoms with Crippen LogP contribution in [0.25, 0.3) is 0 Å². The van der Waals surface area contributed by atoms with Crippen molar-refractivity contribution in [2.45, 2.75) is 13.3 Å². The zero-order chi connectivity index (χ0) is 14.5. The van der Waals surface area contributed by atoms with Crippen molar-refractivity contribution in [3.05, 3.63) is 63.6 Å². The van der Waals surface area contributed by atoms with Gasteiger partial charge in [-0.1, -0.05) is 36.7 Å². The summed E-state index contributed by atoms with van der Waals surface area (Å²) in [4.78, 5) is 14.5. The Bertz CT molecular complexity index is 601. The van der Waals surface area contributed by atoms with E-state index < -0.39 is 0 Å². The van der Waals surface area contributed by atoms with E-state index in [-0.39, 0.29) is 5.91 Å². The van der Waals surface area contributed by atoms with Crippen molar-refractivity contribution in [3.8, 4) is 0 Å². The molecule has 0 aliphatic rings. The van der Waals surface area contributed by atoms with Crippen LogP contribution < -0.4 is 4.90 Å². The predicted octanol–water partition coefficient (Wildman–Crippen LogP) is 5.16. The molecule has 2 aromatic rings. The maximum Gasteiger partial charge on any atom is 0.259 e. The predicted molar refractivity (Wildman–Crippen MR) is 87.6 cm³/mol. The van der Waals surface area contributed by atoms with Crippen LogP contribution in [0.2, 0.25) is 5.02 Å². The number of nitrogens with zero attached hydrogens (tertiary/aromatic N) is 1. The van der Waals surface area contributed by atoms with Gasteiger partial charge in [0.25, 0.3) is 5.91 Å². The minimum Gasteiger partial charge on any atom is -0.308 e. The van der Waals surface area contributed by atoms with Gasteiger partial charge in [0.1, 0.15) is 0 Å². The summed E-state index contributed by atoms with van der Waals surface area (Å²) >= 11 is 9.41. The normalized spacial score (nSPS) is 10.3. The summed E-state index contributed by atoms with van der Waals surface area (Å²) in [6.07, 6.45) is 0.888. The largest absolute Gasteiger partial charge is 0.308 e. The lowest BCUT2D eigenvalue weighted by atomic mass is 10.1. The van der Waals surface area contributed by atoms with E-state index in [1.54, 1.807) is 23.1 Å². The molecule has 0 fully saturated rings. The highest BCUT2D eigenvalue weighted by Gasteiger charge is 2.19. The van der Waals surface area contributed by atoms with Crippen LogP contribution in [-0.2, 0) is 0 Å². The van der Waals surface area contributed by atoms with E-state index in [0.717, 1.165) is 16.6 Å². The second-order valence-electron chi connectivity index (χ2n) is 4.42. The van der Waals surface area contributed by atoms with Gasteiger partial charge in [0.15, 0.2) is 0 Å². The van der Waals surface area contributed by atoms with Gasteiger partial charge in [0, 0.05) is 21.7 Å². The maximum atomic E-state index is 12.7. The van der Waals surface area contributed by atoms with Gasteiger partial charge >= 0.3 is 0 Å². The van der Waals surface area contributed by atoms with Crippen molar-refractivity contribution in [1.82, 2.24) is 0 Å². The Morgan fingerprint density at radius 3 is 2.55 bits per heavy atom. The van der Waals surface area contributed by atoms with Crippen LogP contribution in [0.4, 0.5) is 5.69 Å². The first-order valence-corrected chi connectivity index (χ1v) is 7.62. The van der Waals surface area contributed by atoms with Crippen molar-refractivity contribution >= 4 is 39.1 Å². The fourth-order valence-corrected chi connectivity index (χ4v) is 2.57. The number of anilines is 1. The standard InChI is InChI=1S/C16H15BrClNO/c1-2-10-19(13-6-4-3-5-7-13)16(20)14-11-12(18)8-9-15(14)17/h3-9,11H,2,10H2,1H3. The molecule has 0 unspecified atom stereocenters. The fraction of sp³-hybridized carbons (Fsp3) is 0.188. The summed E-state index contributed by atoms with van der Waals surface area (Å²) in [7, 11) is 0. The van der Waals surface area contributed by atoms with Crippen LogP contribution in [0, 0.1) is 0 Å². The van der Waals surface area contributed by atoms with Gasteiger partial charge in [-0.05, 0) is 52.7 Å². The summed E-state index contributed by atoms with van der Waals surface area (Å²) in [6, 6.07) is 14.9. The number of hydrogen-bond donors (Lipinski definition) is 0. The molecule has 0 radical (unpaired) electrons. The Balaban J connectivity index is 2.39. The Kier molecular flexibility index (Phi) is 5.21. The average molecular weight is 353 g/mol. The second kappa shape index (κ2) is 6.91. The summed E-state index contributed by atoms with van der Waals surface area (Å²) in [6.45, 7) is 2.72. The molecule has 0 aliphatic heterocycles. The number of rotatable bonds is 4. The van der Waals surface area contributed by atoms with Crippen LogP contribution >= 0.6 is 27.5 Å². The Morgan fingerprint density at radius 2 is 1.90 bits per heavy atom. The van der Waals surface area contributed by atoms with Crippen molar-refractivity contribution < 1.29 is 4.79 Å². The summed E-state index contributed by atoms with van der Waals surface area (Å²) < 4.78 is 0.754. The van der Waals surface area contributed by atoms with Crippen molar-refractivity contribution in [3.63, 3.8) is 0 Å². The molecule has 0 bridgehead atoms. The molecule has 0 atom stereocenters. The first-order chi connectivity index (χ1) is 9.63. The first kappa shape index (κ1) is 15.1. The van der Waals surface area contributed by atoms with Crippen LogP contribution in [0.15, 0.2) is 53.0 Å². The summed E-state index contributed by atoms with van der Waals surface area (Å²) in [5.74, 6) is -0.0487. The van der Waals surface area contributed by atoms with Crippen molar-refractivity contribution in [2.24, 2.45) is 0 Å². The molecule has 2 nitrogen and oxygen atoms in total. The SMILES string of the molecule is CCCN(C(=O)c1cc(Cl)ccc1Br)c1ccccc1. The zero-order valence-corrected chi connectivity index (χ0v) is 13.5. The molecule has 0 aromatic heterocycles. The van der Waals surface area contributed by atoms with E-state index in [9.17, 15) is 4.79 Å². The molecule has 20 heavy (non-hydrogen) atoms. The van der Waals surface area contributed by atoms with Gasteiger partial charge in [-0.15, -0.1) is 0 Å². The van der Waals surface area contributed by atoms with Gasteiger partial charge in [-0.3, -0.25) is 4.79 Å². The number of hydrogen-bond acceptors (Lipinski definition) is 1. The third kappa shape index (κ3) is 3.41. The lowest BCUT2D eigenvalue weighted by Gasteiger charge is -2.23. The van der Waals surface area contributed by atoms with E-state index >= 15 is 0 Å². The van der Waals surface area contributed by atoms with Gasteiger partial charge in [0.05, 0.1) is 5.56 Å². The molecule has 4 heteroatoms. The molecule has 0 heterocycles. The molecule has 2 aromatic carbocycles. The number of carbonyl (C=O) groups is 1. The van der Waals surface area contributed by atoms with E-state index in [0.29, 0.717) is 17.1 Å². The Labute approximate surface area is 132 Å². The highest BCUT2D eigenvalue weighted by molar-refractivity contribution is 9.10. The smallest absolute Gasteiger partial charge is 0.259 e. The monoisotopic (exact) mass is 351 g/mol. The summed E-state index contributed by atoms with van der Waals surface area (Å²) in [5.41, 5.74) is 1.47. The molecule has 2 rings (SSSR count). The molecule has 0 saturated heterocycles. The number of halogens is 2. The number of para-hydroxylation sites is 1. The van der Waals surface area contributed by atoms with Gasteiger partial charge in [-0.2, -0.15) is 0 Å². The third-order valence-corrected chi connectivity index (χ3v) is 3.85. The van der Waals surface area contributed by atoms with E-state index in [1.807, 2.05) is 30.3 Å². The zero-order valence-electron chi connectivity index (χ0n) is 11.1. The summed E-state index contributed by atoms with van der Waals surface area (Å²) in [5, 5.41) is 0.557. The first-order valence-electron chi connectivity index (χ1n) is 6.45. The minimum absolute atomic E-state index is 0.0487. The molecular formula is C16H15BrClNO. The van der Waals surface area contributed by atoms with E-state index in [2.05, 4.69) is 22.9 Å². The molecule has 0 N–H and O–H groups in total. The lowest BCUT2D eigenvalue weighted by molar-refractivity contribution is 0.0986. The van der Waals surface area contributed by atoms with Crippen molar-refractivity contribution in [2.75, 3.05) is 11.4 Å². The van der Waals surface area contributed by atoms with Crippen molar-refractivity contribution in [1.29, 1.82) is 0 Å². The maximum absolute atomic E-state index is 12.7. The highest BCUT2D eigenvalue weighted by atomic mass is 79.9. The topological polar surface area (TPSA) is 20.3 Å². The molecule has 0 aliphatic carbocycles. The molecule has 0 saturated carbocycles. The quantitative estimate of drug-likeness (QED) is 0.744. The molecular weight excluding hydrogens is 338 g/mol. The number of benzene rings is 2. The van der Waals surface area contributed by atoms with Gasteiger partial charge in [-0.25, -0.2) is 0 Å². The highest BCUT2D eigenvalue weighted by Crippen LogP contribution is 2.25. The minimum atomic E-state index is -0.0487. The van der Waals surface area contributed by atoms with Crippen LogP contribution in [0.1, 0.15) is 23.7 Å². The van der Waals surface area contributed by atoms with E-state index in [4.69, 9.17) is 11.6 Å². The van der Waals surface area contributed by atoms with Crippen LogP contribution in [0.5, 0.6) is 0 Å².